The van der Waals surface area contributed by atoms with Crippen LogP contribution in [0.3, 0.4) is 0 Å². The summed E-state index contributed by atoms with van der Waals surface area (Å²) in [5, 5.41) is -1.10. The second kappa shape index (κ2) is 6.94. The van der Waals surface area contributed by atoms with E-state index in [0.717, 1.165) is 0 Å². The van der Waals surface area contributed by atoms with E-state index in [1.165, 1.54) is 6.92 Å². The second-order valence-corrected chi connectivity index (χ2v) is 9.54. The van der Waals surface area contributed by atoms with Crippen molar-refractivity contribution in [3.8, 4) is 0 Å². The van der Waals surface area contributed by atoms with E-state index < -0.39 is 40.4 Å². The van der Waals surface area contributed by atoms with Gasteiger partial charge in [0.15, 0.2) is 0 Å². The van der Waals surface area contributed by atoms with E-state index in [9.17, 15) is 19.2 Å². The molecule has 0 N–H and O–H groups in total. The Hall–Kier alpha value is -1.62. The lowest BCUT2D eigenvalue weighted by molar-refractivity contribution is -0.161. The number of esters is 4. The molecule has 0 aliphatic carbocycles. The Morgan fingerprint density at radius 2 is 1.88 bits per heavy atom. The molecule has 0 aromatic rings. The molecule has 1 saturated heterocycles. The van der Waals surface area contributed by atoms with Crippen LogP contribution in [0.1, 0.15) is 47.5 Å². The van der Waals surface area contributed by atoms with E-state index in [2.05, 4.69) is 4.99 Å². The number of rotatable bonds is 2. The third-order valence-electron chi connectivity index (χ3n) is 5.13. The third kappa shape index (κ3) is 3.81. The molecule has 4 unspecified atom stereocenters. The van der Waals surface area contributed by atoms with Crippen LogP contribution in [0.5, 0.6) is 0 Å². The van der Waals surface area contributed by atoms with Gasteiger partial charge in [-0.3, -0.25) is 19.4 Å². The zero-order valence-corrected chi connectivity index (χ0v) is 16.2. The molecule has 2 rings (SSSR count). The van der Waals surface area contributed by atoms with Crippen molar-refractivity contribution in [1.82, 2.24) is 0 Å². The highest BCUT2D eigenvalue weighted by molar-refractivity contribution is 7.42. The highest BCUT2D eigenvalue weighted by Gasteiger charge is 2.53. The third-order valence-corrected chi connectivity index (χ3v) is 7.01. The average Bonchev–Trinajstić information content (AvgIpc) is 2.77. The summed E-state index contributed by atoms with van der Waals surface area (Å²) in [6, 6.07) is 0. The quantitative estimate of drug-likeness (QED) is 0.419. The van der Waals surface area contributed by atoms with Gasteiger partial charge < -0.3 is 9.47 Å². The zero-order chi connectivity index (χ0) is 19.0. The number of aliphatic imine (C=N–C) groups is 1. The van der Waals surface area contributed by atoms with Crippen LogP contribution in [0.15, 0.2) is 4.99 Å². The summed E-state index contributed by atoms with van der Waals surface area (Å²) in [6.45, 7) is 9.08. The van der Waals surface area contributed by atoms with Gasteiger partial charge in [-0.15, -0.1) is 0 Å². The van der Waals surface area contributed by atoms with Gasteiger partial charge in [0.1, 0.15) is 10.9 Å². The molecule has 2 aliphatic heterocycles. The minimum Gasteiger partial charge on any atom is -0.392 e. The van der Waals surface area contributed by atoms with E-state index in [1.54, 1.807) is 0 Å². The number of hydrogen-bond acceptors (Lipinski definition) is 7. The Bertz CT molecular complexity index is 656. The fraction of sp³-hybridized carbons (Fsp3) is 0.706. The molecule has 0 saturated carbocycles. The van der Waals surface area contributed by atoms with E-state index in [-0.39, 0.29) is 32.9 Å². The van der Waals surface area contributed by atoms with Crippen LogP contribution in [0.2, 0.25) is 0 Å². The number of ether oxygens (including phenoxy) is 2. The summed E-state index contributed by atoms with van der Waals surface area (Å²) in [4.78, 5) is 52.9. The van der Waals surface area contributed by atoms with Crippen LogP contribution in [0.25, 0.3) is 0 Å². The van der Waals surface area contributed by atoms with Gasteiger partial charge in [0.2, 0.25) is 0 Å². The molecule has 1 spiro atoms. The lowest BCUT2D eigenvalue weighted by Gasteiger charge is -2.38. The van der Waals surface area contributed by atoms with Crippen molar-refractivity contribution < 1.29 is 28.7 Å². The number of hydrogen-bond donors (Lipinski definition) is 0. The number of carbonyl (C=O) groups is 4. The van der Waals surface area contributed by atoms with Crippen molar-refractivity contribution in [2.75, 3.05) is 6.54 Å². The van der Waals surface area contributed by atoms with Gasteiger partial charge in [0.25, 0.3) is 0 Å². The number of nitrogens with zero attached hydrogens (tertiary/aromatic N) is 1. The van der Waals surface area contributed by atoms with Gasteiger partial charge >= 0.3 is 23.9 Å². The van der Waals surface area contributed by atoms with Gasteiger partial charge in [-0.2, -0.15) is 0 Å². The molecular weight excluding hydrogens is 345 g/mol. The maximum Gasteiger partial charge on any atom is 0.359 e. The molecule has 2 heterocycles. The summed E-state index contributed by atoms with van der Waals surface area (Å²) in [6.07, 6.45) is 0.618. The molecule has 2 aliphatic rings. The second-order valence-electron chi connectivity index (χ2n) is 7.38. The Kier molecular flexibility index (Phi) is 5.47. The van der Waals surface area contributed by atoms with Gasteiger partial charge in [0.05, 0.1) is 18.9 Å². The summed E-state index contributed by atoms with van der Waals surface area (Å²) in [5.41, 5.74) is -0.684. The maximum absolute atomic E-state index is 12.7. The molecule has 25 heavy (non-hydrogen) atoms. The topological polar surface area (TPSA) is 99.1 Å². The molecule has 138 valence electrons. The fourth-order valence-electron chi connectivity index (χ4n) is 3.32. The predicted octanol–water partition coefficient (Wildman–Crippen LogP) is 1.86. The molecule has 4 atom stereocenters. The smallest absolute Gasteiger partial charge is 0.359 e. The van der Waals surface area contributed by atoms with Crippen molar-refractivity contribution in [2.45, 2.75) is 58.3 Å². The van der Waals surface area contributed by atoms with Gasteiger partial charge in [-0.05, 0) is 18.0 Å². The number of cyclic esters (lactones) is 4. The van der Waals surface area contributed by atoms with Crippen LogP contribution in [0, 0.1) is 11.3 Å². The Balaban J connectivity index is 2.51. The van der Waals surface area contributed by atoms with E-state index in [0.29, 0.717) is 6.42 Å². The first-order valence-electron chi connectivity index (χ1n) is 8.32. The highest BCUT2D eigenvalue weighted by Crippen LogP contribution is 2.50. The standard InChI is InChI=1S/C17H24NO6P/c1-6-16(4,5)12-10(3)25-17(7-11(19)23-15(17)22)8-18-9(2)13(20)24-14(12)21/h10,12,25H,6-8H2,1-5H3. The molecule has 1 fully saturated rings. The fourth-order valence-corrected chi connectivity index (χ4v) is 5.53. The van der Waals surface area contributed by atoms with Gasteiger partial charge in [-0.25, -0.2) is 4.79 Å². The van der Waals surface area contributed by atoms with Crippen LogP contribution in [0.4, 0.5) is 0 Å². The first-order valence-corrected chi connectivity index (χ1v) is 9.40. The van der Waals surface area contributed by atoms with E-state index >= 15 is 0 Å². The van der Waals surface area contributed by atoms with Crippen molar-refractivity contribution >= 4 is 38.2 Å². The van der Waals surface area contributed by atoms with Crippen molar-refractivity contribution in [2.24, 2.45) is 16.3 Å². The van der Waals surface area contributed by atoms with Crippen LogP contribution < -0.4 is 0 Å². The minimum atomic E-state index is -1.10. The van der Waals surface area contributed by atoms with Gasteiger partial charge in [0, 0.05) is 0 Å². The van der Waals surface area contributed by atoms with E-state index in [1.807, 2.05) is 27.7 Å². The van der Waals surface area contributed by atoms with Crippen molar-refractivity contribution in [3.05, 3.63) is 0 Å². The molecule has 8 heteroatoms. The summed E-state index contributed by atoms with van der Waals surface area (Å²) < 4.78 is 9.79. The van der Waals surface area contributed by atoms with Crippen LogP contribution in [-0.2, 0) is 28.7 Å². The number of carbonyl (C=O) groups excluding carboxylic acids is 4. The first kappa shape index (κ1) is 19.7. The average molecular weight is 369 g/mol. The van der Waals surface area contributed by atoms with Crippen molar-refractivity contribution in [1.29, 1.82) is 0 Å². The molecule has 0 amide bonds. The lowest BCUT2D eigenvalue weighted by Crippen LogP contribution is -2.44. The summed E-state index contributed by atoms with van der Waals surface area (Å²) >= 11 is 0. The molecule has 0 radical (unpaired) electrons. The molecular formula is C17H24NO6P. The SMILES string of the molecule is CCC(C)(C)C1C(=O)OC(=O)C(C)=NCC2(CC(=O)OC2=O)PC1C. The summed E-state index contributed by atoms with van der Waals surface area (Å²) in [7, 11) is -0.0431. The maximum atomic E-state index is 12.7. The molecule has 0 aromatic carbocycles. The largest absolute Gasteiger partial charge is 0.392 e. The predicted molar refractivity (Wildman–Crippen MR) is 92.9 cm³/mol. The van der Waals surface area contributed by atoms with Crippen LogP contribution in [-0.4, -0.2) is 46.9 Å². The highest BCUT2D eigenvalue weighted by atomic mass is 31.1. The minimum absolute atomic E-state index is 0.00674. The van der Waals surface area contributed by atoms with Crippen LogP contribution >= 0.6 is 8.58 Å². The van der Waals surface area contributed by atoms with Gasteiger partial charge in [-0.1, -0.05) is 42.7 Å². The first-order chi connectivity index (χ1) is 11.5. The molecule has 7 nitrogen and oxygen atoms in total. The normalized spacial score (nSPS) is 32.6. The summed E-state index contributed by atoms with van der Waals surface area (Å²) in [5.74, 6) is -3.21. The monoisotopic (exact) mass is 369 g/mol. The Morgan fingerprint density at radius 3 is 2.40 bits per heavy atom. The Morgan fingerprint density at radius 1 is 1.24 bits per heavy atom. The lowest BCUT2D eigenvalue weighted by atomic mass is 9.75. The molecule has 0 bridgehead atoms. The Labute approximate surface area is 148 Å². The molecule has 0 aromatic heterocycles. The zero-order valence-electron chi connectivity index (χ0n) is 15.2. The van der Waals surface area contributed by atoms with E-state index in [4.69, 9.17) is 9.47 Å². The van der Waals surface area contributed by atoms with Crippen molar-refractivity contribution in [3.63, 3.8) is 0 Å².